The van der Waals surface area contributed by atoms with Gasteiger partial charge in [-0.25, -0.2) is 4.98 Å². The highest BCUT2D eigenvalue weighted by atomic mass is 19.4. The van der Waals surface area contributed by atoms with E-state index in [0.29, 0.717) is 12.2 Å². The summed E-state index contributed by atoms with van der Waals surface area (Å²) < 4.78 is 40.5. The fourth-order valence-corrected chi connectivity index (χ4v) is 3.39. The maximum atomic E-state index is 12.8. The second-order valence-corrected chi connectivity index (χ2v) is 6.49. The maximum absolute atomic E-state index is 12.8. The molecule has 140 valence electrons. The zero-order chi connectivity index (χ0) is 18.7. The molecule has 0 radical (unpaired) electrons. The molecular weight excluding hydrogens is 343 g/mol. The van der Waals surface area contributed by atoms with Crippen molar-refractivity contribution in [2.75, 3.05) is 13.1 Å². The lowest BCUT2D eigenvalue weighted by Crippen LogP contribution is -2.39. The smallest absolute Gasteiger partial charge is 0.328 e. The van der Waals surface area contributed by atoms with Crippen LogP contribution in [0.25, 0.3) is 11.4 Å². The van der Waals surface area contributed by atoms with Gasteiger partial charge in [-0.2, -0.15) is 13.2 Å². The Kier molecular flexibility index (Phi) is 5.34. The number of aromatic nitrogens is 2. The molecule has 1 aromatic carbocycles. The van der Waals surface area contributed by atoms with Crippen molar-refractivity contribution >= 4 is 5.91 Å². The Morgan fingerprint density at radius 1 is 1.19 bits per heavy atom. The number of hydrogen-bond donors (Lipinski definition) is 0. The zero-order valence-electron chi connectivity index (χ0n) is 14.7. The van der Waals surface area contributed by atoms with Crippen LogP contribution in [0.5, 0.6) is 0 Å². The van der Waals surface area contributed by atoms with Gasteiger partial charge in [-0.1, -0.05) is 36.8 Å². The van der Waals surface area contributed by atoms with E-state index in [1.165, 1.54) is 0 Å². The van der Waals surface area contributed by atoms with Gasteiger partial charge in [-0.3, -0.25) is 4.79 Å². The lowest BCUT2D eigenvalue weighted by Gasteiger charge is -2.22. The van der Waals surface area contributed by atoms with Crippen LogP contribution in [0.1, 0.15) is 42.4 Å². The van der Waals surface area contributed by atoms with Crippen LogP contribution in [-0.4, -0.2) is 39.6 Å². The highest BCUT2D eigenvalue weighted by Crippen LogP contribution is 2.28. The molecule has 2 heterocycles. The van der Waals surface area contributed by atoms with Crippen molar-refractivity contribution < 1.29 is 18.0 Å². The highest BCUT2D eigenvalue weighted by Gasteiger charge is 2.35. The Morgan fingerprint density at radius 3 is 2.58 bits per heavy atom. The normalized spacial score (nSPS) is 14.6. The first-order valence-electron chi connectivity index (χ1n) is 8.91. The van der Waals surface area contributed by atoms with Gasteiger partial charge in [0.05, 0.1) is 5.69 Å². The molecule has 2 aromatic rings. The maximum Gasteiger partial charge on any atom is 0.406 e. The lowest BCUT2D eigenvalue weighted by atomic mass is 10.1. The number of nitrogens with zero attached hydrogens (tertiary/aromatic N) is 3. The largest absolute Gasteiger partial charge is 0.406 e. The van der Waals surface area contributed by atoms with Crippen molar-refractivity contribution in [1.82, 2.24) is 14.5 Å². The van der Waals surface area contributed by atoms with E-state index in [9.17, 15) is 18.0 Å². The molecule has 0 bridgehead atoms. The van der Waals surface area contributed by atoms with Crippen LogP contribution in [0.2, 0.25) is 0 Å². The second-order valence-electron chi connectivity index (χ2n) is 6.49. The van der Waals surface area contributed by atoms with Gasteiger partial charge in [0.2, 0.25) is 0 Å². The molecule has 26 heavy (non-hydrogen) atoms. The monoisotopic (exact) mass is 365 g/mol. The molecule has 7 heteroatoms. The van der Waals surface area contributed by atoms with Crippen molar-refractivity contribution in [3.05, 3.63) is 41.7 Å². The van der Waals surface area contributed by atoms with Gasteiger partial charge in [0.15, 0.2) is 0 Å². The van der Waals surface area contributed by atoms with E-state index in [0.717, 1.165) is 42.0 Å². The summed E-state index contributed by atoms with van der Waals surface area (Å²) in [7, 11) is 0. The van der Waals surface area contributed by atoms with Gasteiger partial charge >= 0.3 is 6.18 Å². The molecule has 1 aromatic heterocycles. The molecule has 0 saturated carbocycles. The van der Waals surface area contributed by atoms with Crippen LogP contribution >= 0.6 is 0 Å². The van der Waals surface area contributed by atoms with Gasteiger partial charge < -0.3 is 9.47 Å². The lowest BCUT2D eigenvalue weighted by molar-refractivity contribution is -0.140. The summed E-state index contributed by atoms with van der Waals surface area (Å²) in [4.78, 5) is 18.2. The SMILES string of the molecule is CCN(CC(F)(F)F)C(=O)c1nc(-c2ccccc2)n2c1CCCCC2. The van der Waals surface area contributed by atoms with Gasteiger partial charge in [0.1, 0.15) is 18.1 Å². The number of hydrogen-bond acceptors (Lipinski definition) is 2. The third kappa shape index (κ3) is 3.92. The summed E-state index contributed by atoms with van der Waals surface area (Å²) in [5, 5.41) is 0. The van der Waals surface area contributed by atoms with Gasteiger partial charge in [-0.05, 0) is 26.2 Å². The van der Waals surface area contributed by atoms with E-state index in [1.54, 1.807) is 6.92 Å². The van der Waals surface area contributed by atoms with Crippen LogP contribution in [0, 0.1) is 0 Å². The molecule has 1 aliphatic heterocycles. The minimum absolute atomic E-state index is 0.00862. The molecular formula is C19H22F3N3O. The number of fused-ring (bicyclic) bond motifs is 1. The van der Waals surface area contributed by atoms with Crippen molar-refractivity contribution in [3.63, 3.8) is 0 Å². The number of carbonyl (C=O) groups excluding carboxylic acids is 1. The van der Waals surface area contributed by atoms with Crippen LogP contribution in [-0.2, 0) is 13.0 Å². The average molecular weight is 365 g/mol. The molecule has 0 saturated heterocycles. The zero-order valence-corrected chi connectivity index (χ0v) is 14.7. The van der Waals surface area contributed by atoms with Crippen LogP contribution in [0.15, 0.2) is 30.3 Å². The molecule has 0 aliphatic carbocycles. The first-order valence-corrected chi connectivity index (χ1v) is 8.91. The quantitative estimate of drug-likeness (QED) is 0.810. The van der Waals surface area contributed by atoms with E-state index >= 15 is 0 Å². The number of halogens is 3. The number of imidazole rings is 1. The number of carbonyl (C=O) groups is 1. The van der Waals surface area contributed by atoms with Crippen molar-refractivity contribution in [1.29, 1.82) is 0 Å². The molecule has 1 aliphatic rings. The van der Waals surface area contributed by atoms with Gasteiger partial charge in [0.25, 0.3) is 5.91 Å². The molecule has 4 nitrogen and oxygen atoms in total. The predicted molar refractivity (Wildman–Crippen MR) is 92.9 cm³/mol. The standard InChI is InChI=1S/C19H22F3N3O/c1-2-24(13-19(20,21)22)18(26)16-15-11-7-4-8-12-25(15)17(23-16)14-9-5-3-6-10-14/h3,5-6,9-10H,2,4,7-8,11-13H2,1H3. The minimum Gasteiger partial charge on any atom is -0.328 e. The Bertz CT molecular complexity index is 768. The second kappa shape index (κ2) is 7.51. The topological polar surface area (TPSA) is 38.1 Å². The molecule has 0 atom stereocenters. The van der Waals surface area contributed by atoms with Crippen molar-refractivity contribution in [3.8, 4) is 11.4 Å². The summed E-state index contributed by atoms with van der Waals surface area (Å²) in [6.07, 6.45) is -0.860. The van der Waals surface area contributed by atoms with E-state index < -0.39 is 18.6 Å². The predicted octanol–water partition coefficient (Wildman–Crippen LogP) is 4.30. The van der Waals surface area contributed by atoms with Crippen molar-refractivity contribution in [2.45, 2.75) is 45.3 Å². The molecule has 3 rings (SSSR count). The third-order valence-electron chi connectivity index (χ3n) is 4.64. The summed E-state index contributed by atoms with van der Waals surface area (Å²) in [5.41, 5.74) is 1.79. The number of benzene rings is 1. The van der Waals surface area contributed by atoms with E-state index in [4.69, 9.17) is 0 Å². The van der Waals surface area contributed by atoms with E-state index in [1.807, 2.05) is 34.9 Å². The van der Waals surface area contributed by atoms with Gasteiger partial charge in [-0.15, -0.1) is 0 Å². The Hall–Kier alpha value is -2.31. The summed E-state index contributed by atoms with van der Waals surface area (Å²) in [6.45, 7) is 1.02. The van der Waals surface area contributed by atoms with Crippen LogP contribution < -0.4 is 0 Å². The highest BCUT2D eigenvalue weighted by molar-refractivity contribution is 5.94. The number of amides is 1. The Labute approximate surface area is 150 Å². The van der Waals surface area contributed by atoms with Crippen LogP contribution in [0.3, 0.4) is 0 Å². The molecule has 0 unspecified atom stereocenters. The van der Waals surface area contributed by atoms with Crippen LogP contribution in [0.4, 0.5) is 13.2 Å². The molecule has 0 spiro atoms. The third-order valence-corrected chi connectivity index (χ3v) is 4.64. The first kappa shape index (κ1) is 18.5. The summed E-state index contributed by atoms with van der Waals surface area (Å²) in [6, 6.07) is 9.47. The van der Waals surface area contributed by atoms with E-state index in [-0.39, 0.29) is 12.2 Å². The molecule has 1 amide bonds. The summed E-state index contributed by atoms with van der Waals surface area (Å²) in [5.74, 6) is 0.0200. The average Bonchev–Trinajstić information content (AvgIpc) is 2.80. The Morgan fingerprint density at radius 2 is 1.92 bits per heavy atom. The van der Waals surface area contributed by atoms with E-state index in [2.05, 4.69) is 4.98 Å². The first-order chi connectivity index (χ1) is 12.4. The Balaban J connectivity index is 2.04. The van der Waals surface area contributed by atoms with Gasteiger partial charge in [0, 0.05) is 18.7 Å². The number of alkyl halides is 3. The molecule has 0 fully saturated rings. The molecule has 0 N–H and O–H groups in total. The van der Waals surface area contributed by atoms with Crippen molar-refractivity contribution in [2.24, 2.45) is 0 Å². The number of rotatable bonds is 4. The summed E-state index contributed by atoms with van der Waals surface area (Å²) >= 11 is 0. The fourth-order valence-electron chi connectivity index (χ4n) is 3.39. The minimum atomic E-state index is -4.43. The fraction of sp³-hybridized carbons (Fsp3) is 0.474.